The molecule has 0 N–H and O–H groups in total. The van der Waals surface area contributed by atoms with E-state index in [0.29, 0.717) is 0 Å². The summed E-state index contributed by atoms with van der Waals surface area (Å²) in [6.07, 6.45) is 11.2. The molecule has 0 amide bonds. The van der Waals surface area contributed by atoms with Crippen LogP contribution in [0.1, 0.15) is 45.4 Å². The molecule has 0 fully saturated rings. The van der Waals surface area contributed by atoms with Crippen molar-refractivity contribution in [1.82, 2.24) is 0 Å². The molecular formula is C12H22N2. The van der Waals surface area contributed by atoms with Gasteiger partial charge in [-0.1, -0.05) is 32.6 Å². The number of nitrogens with zero attached hydrogens (tertiary/aromatic N) is 2. The zero-order valence-corrected chi connectivity index (χ0v) is 9.50. The van der Waals surface area contributed by atoms with Crippen molar-refractivity contribution in [3.63, 3.8) is 0 Å². The van der Waals surface area contributed by atoms with Crippen LogP contribution >= 0.6 is 0 Å². The van der Waals surface area contributed by atoms with Crippen molar-refractivity contribution >= 4 is 12.4 Å². The first-order chi connectivity index (χ1) is 6.85. The van der Waals surface area contributed by atoms with E-state index in [1.54, 1.807) is 6.20 Å². The minimum Gasteiger partial charge on any atom is -0.293 e. The summed E-state index contributed by atoms with van der Waals surface area (Å²) in [4.78, 5) is 7.86. The maximum atomic E-state index is 4.19. The first-order valence-electron chi connectivity index (χ1n) is 5.43. The lowest BCUT2D eigenvalue weighted by Gasteiger charge is -2.00. The lowest BCUT2D eigenvalue weighted by molar-refractivity contribution is 0.643. The maximum Gasteiger partial charge on any atom is 0.0360 e. The van der Waals surface area contributed by atoms with Crippen LogP contribution in [0.3, 0.4) is 0 Å². The Morgan fingerprint density at radius 2 is 1.93 bits per heavy atom. The monoisotopic (exact) mass is 194 g/mol. The maximum absolute atomic E-state index is 4.19. The first kappa shape index (κ1) is 13.1. The fraction of sp³-hybridized carbons (Fsp3) is 0.667. The molecule has 2 nitrogen and oxygen atoms in total. The van der Waals surface area contributed by atoms with Gasteiger partial charge in [0.05, 0.1) is 0 Å². The average Bonchev–Trinajstić information content (AvgIpc) is 2.22. The van der Waals surface area contributed by atoms with Gasteiger partial charge in [0.15, 0.2) is 0 Å². The van der Waals surface area contributed by atoms with Crippen molar-refractivity contribution < 1.29 is 0 Å². The second-order valence-corrected chi connectivity index (χ2v) is 3.38. The van der Waals surface area contributed by atoms with Gasteiger partial charge in [-0.3, -0.25) is 9.98 Å². The van der Waals surface area contributed by atoms with Gasteiger partial charge in [0.25, 0.3) is 0 Å². The predicted molar refractivity (Wildman–Crippen MR) is 65.4 cm³/mol. The van der Waals surface area contributed by atoms with Crippen molar-refractivity contribution in [1.29, 1.82) is 0 Å². The Bertz CT molecular complexity index is 192. The Labute approximate surface area is 87.9 Å². The minimum absolute atomic E-state index is 1.06. The molecule has 0 aromatic rings. The van der Waals surface area contributed by atoms with Gasteiger partial charge in [0.2, 0.25) is 0 Å². The van der Waals surface area contributed by atoms with E-state index in [4.69, 9.17) is 0 Å². The summed E-state index contributed by atoms with van der Waals surface area (Å²) < 4.78 is 0. The van der Waals surface area contributed by atoms with E-state index in [2.05, 4.69) is 23.6 Å². The van der Waals surface area contributed by atoms with E-state index in [0.717, 1.165) is 12.1 Å². The summed E-state index contributed by atoms with van der Waals surface area (Å²) in [6.45, 7) is 5.63. The number of aliphatic imine (C=N–C) groups is 2. The summed E-state index contributed by atoms with van der Waals surface area (Å²) in [7, 11) is 1.83. The van der Waals surface area contributed by atoms with Crippen molar-refractivity contribution in [3.05, 3.63) is 12.3 Å². The van der Waals surface area contributed by atoms with E-state index in [9.17, 15) is 0 Å². The van der Waals surface area contributed by atoms with Gasteiger partial charge in [0, 0.05) is 19.0 Å². The molecule has 0 saturated heterocycles. The van der Waals surface area contributed by atoms with Crippen LogP contribution in [-0.2, 0) is 0 Å². The van der Waals surface area contributed by atoms with Crippen LogP contribution < -0.4 is 0 Å². The van der Waals surface area contributed by atoms with Gasteiger partial charge in [-0.25, -0.2) is 0 Å². The highest BCUT2D eigenvalue weighted by molar-refractivity contribution is 5.94. The molecule has 0 aliphatic carbocycles. The van der Waals surface area contributed by atoms with Gasteiger partial charge >= 0.3 is 0 Å². The minimum atomic E-state index is 1.06. The van der Waals surface area contributed by atoms with Gasteiger partial charge in [-0.2, -0.15) is 0 Å². The molecule has 0 rings (SSSR count). The molecule has 0 radical (unpaired) electrons. The van der Waals surface area contributed by atoms with Crippen LogP contribution in [0.25, 0.3) is 0 Å². The predicted octanol–water partition coefficient (Wildman–Crippen LogP) is 3.63. The van der Waals surface area contributed by atoms with Crippen LogP contribution in [0.2, 0.25) is 0 Å². The zero-order valence-electron chi connectivity index (χ0n) is 9.50. The number of allylic oxidation sites excluding steroid dienone is 1. The third-order valence-electron chi connectivity index (χ3n) is 2.20. The normalized spacial score (nSPS) is 12.3. The molecule has 2 heteroatoms. The molecule has 14 heavy (non-hydrogen) atoms. The lowest BCUT2D eigenvalue weighted by atomic mass is 10.1. The average molecular weight is 194 g/mol. The van der Waals surface area contributed by atoms with Crippen molar-refractivity contribution in [2.24, 2.45) is 9.98 Å². The second kappa shape index (κ2) is 10.2. The van der Waals surface area contributed by atoms with Gasteiger partial charge in [-0.05, 0) is 25.6 Å². The van der Waals surface area contributed by atoms with E-state index < -0.39 is 0 Å². The molecule has 0 unspecified atom stereocenters. The summed E-state index contributed by atoms with van der Waals surface area (Å²) in [5.74, 6) is 0. The topological polar surface area (TPSA) is 24.7 Å². The summed E-state index contributed by atoms with van der Waals surface area (Å²) >= 11 is 0. The lowest BCUT2D eigenvalue weighted by Crippen LogP contribution is -1.93. The van der Waals surface area contributed by atoms with Crippen LogP contribution in [0.5, 0.6) is 0 Å². The first-order valence-corrected chi connectivity index (χ1v) is 5.43. The third kappa shape index (κ3) is 7.71. The molecule has 0 aliphatic heterocycles. The quantitative estimate of drug-likeness (QED) is 0.416. The molecule has 0 saturated carbocycles. The summed E-state index contributed by atoms with van der Waals surface area (Å²) in [5, 5.41) is 0. The van der Waals surface area contributed by atoms with Crippen molar-refractivity contribution in [2.45, 2.75) is 45.4 Å². The fourth-order valence-corrected chi connectivity index (χ4v) is 1.32. The fourth-order valence-electron chi connectivity index (χ4n) is 1.32. The van der Waals surface area contributed by atoms with Crippen molar-refractivity contribution in [2.75, 3.05) is 7.05 Å². The summed E-state index contributed by atoms with van der Waals surface area (Å²) in [6, 6.07) is 0. The Balaban J connectivity index is 3.54. The number of unbranched alkanes of at least 4 members (excludes halogenated alkanes) is 4. The Morgan fingerprint density at radius 1 is 1.21 bits per heavy atom. The van der Waals surface area contributed by atoms with Crippen LogP contribution in [0.4, 0.5) is 0 Å². The van der Waals surface area contributed by atoms with E-state index in [-0.39, 0.29) is 0 Å². The molecule has 0 bridgehead atoms. The Hall–Kier alpha value is -0.920. The molecule has 80 valence electrons. The standard InChI is InChI=1S/C12H22N2/c1-4-5-6-7-8-9-12(14-3)10-11-13-2/h10-11H,2,4-9H2,1,3H3/b11-10-,14-12-. The second-order valence-electron chi connectivity index (χ2n) is 3.38. The highest BCUT2D eigenvalue weighted by Crippen LogP contribution is 2.06. The van der Waals surface area contributed by atoms with Gasteiger partial charge in [-0.15, -0.1) is 0 Å². The largest absolute Gasteiger partial charge is 0.293 e. The van der Waals surface area contributed by atoms with Gasteiger partial charge in [0.1, 0.15) is 0 Å². The van der Waals surface area contributed by atoms with E-state index >= 15 is 0 Å². The molecule has 0 spiro atoms. The third-order valence-corrected chi connectivity index (χ3v) is 2.20. The number of rotatable bonds is 8. The SMILES string of the molecule is C=N/C=C\C(CCCCCCC)=N/C. The number of hydrogen-bond acceptors (Lipinski definition) is 2. The van der Waals surface area contributed by atoms with Crippen LogP contribution in [0, 0.1) is 0 Å². The molecule has 0 aliphatic rings. The summed E-state index contributed by atoms with van der Waals surface area (Å²) in [5.41, 5.74) is 1.12. The van der Waals surface area contributed by atoms with Crippen molar-refractivity contribution in [3.8, 4) is 0 Å². The Kier molecular flexibility index (Phi) is 9.49. The zero-order chi connectivity index (χ0) is 10.6. The van der Waals surface area contributed by atoms with E-state index in [1.165, 1.54) is 32.1 Å². The molecule has 0 atom stereocenters. The highest BCUT2D eigenvalue weighted by Gasteiger charge is 1.93. The molecule has 0 aromatic heterocycles. The molecular weight excluding hydrogens is 172 g/mol. The van der Waals surface area contributed by atoms with E-state index in [1.807, 2.05) is 13.1 Å². The van der Waals surface area contributed by atoms with Crippen LogP contribution in [0.15, 0.2) is 22.3 Å². The van der Waals surface area contributed by atoms with Crippen LogP contribution in [-0.4, -0.2) is 19.5 Å². The molecule has 0 heterocycles. The molecule has 0 aromatic carbocycles. The highest BCUT2D eigenvalue weighted by atomic mass is 14.7. The Morgan fingerprint density at radius 3 is 2.50 bits per heavy atom. The van der Waals surface area contributed by atoms with Gasteiger partial charge < -0.3 is 0 Å². The smallest absolute Gasteiger partial charge is 0.0360 e. The number of hydrogen-bond donors (Lipinski definition) is 0.